The van der Waals surface area contributed by atoms with Crippen molar-refractivity contribution in [2.45, 2.75) is 26.2 Å². The number of nitrogens with zero attached hydrogens (tertiary/aromatic N) is 1. The van der Waals surface area contributed by atoms with E-state index in [1.54, 1.807) is 30.3 Å². The second-order valence-electron chi connectivity index (χ2n) is 8.12. The number of hydrogen-bond donors (Lipinski definition) is 1. The van der Waals surface area contributed by atoms with E-state index in [1.165, 1.54) is 10.6 Å². The van der Waals surface area contributed by atoms with E-state index in [0.29, 0.717) is 30.6 Å². The van der Waals surface area contributed by atoms with Gasteiger partial charge >= 0.3 is 0 Å². The molecule has 34 heavy (non-hydrogen) atoms. The number of anilines is 1. The Morgan fingerprint density at radius 2 is 1.44 bits per heavy atom. The third kappa shape index (κ3) is 5.46. The number of hydrazine groups is 1. The second kappa shape index (κ2) is 10.7. The molecule has 6 nitrogen and oxygen atoms in total. The molecule has 1 fully saturated rings. The van der Waals surface area contributed by atoms with Gasteiger partial charge in [0.2, 0.25) is 0 Å². The van der Waals surface area contributed by atoms with Crippen LogP contribution >= 0.6 is 0 Å². The Bertz CT molecular complexity index is 1160. The lowest BCUT2D eigenvalue weighted by Gasteiger charge is -2.13. The van der Waals surface area contributed by atoms with Crippen LogP contribution in [0.15, 0.2) is 84.4 Å². The standard InChI is InChI=1S/C28H28N2O4/c1-3-20(2)22-11-15-25(16-12-22)34-18-17-33-24-13-9-21(10-14-24)19-26-27(31)29-30(28(26)32)23-7-5-4-6-8-23/h4-16,19-20H,3,17-18H2,1-2H3,(H,29,31)/b26-19-. The Morgan fingerprint density at radius 3 is 2.03 bits per heavy atom. The van der Waals surface area contributed by atoms with Crippen molar-refractivity contribution in [2.24, 2.45) is 0 Å². The van der Waals surface area contributed by atoms with Gasteiger partial charge in [-0.05, 0) is 65.9 Å². The number of hydrogen-bond acceptors (Lipinski definition) is 4. The highest BCUT2D eigenvalue weighted by Gasteiger charge is 2.34. The van der Waals surface area contributed by atoms with Gasteiger partial charge in [0.05, 0.1) is 5.69 Å². The molecule has 1 saturated heterocycles. The third-order valence-corrected chi connectivity index (χ3v) is 5.78. The maximum Gasteiger partial charge on any atom is 0.282 e. The normalized spacial score (nSPS) is 15.4. The van der Waals surface area contributed by atoms with Crippen molar-refractivity contribution in [3.63, 3.8) is 0 Å². The third-order valence-electron chi connectivity index (χ3n) is 5.78. The van der Waals surface area contributed by atoms with Gasteiger partial charge in [0.1, 0.15) is 30.3 Å². The first-order valence-corrected chi connectivity index (χ1v) is 11.4. The van der Waals surface area contributed by atoms with Crippen LogP contribution < -0.4 is 19.9 Å². The number of carbonyl (C=O) groups is 2. The lowest BCUT2D eigenvalue weighted by atomic mass is 9.99. The SMILES string of the molecule is CCC(C)c1ccc(OCCOc2ccc(/C=C3/C(=O)NN(c4ccccc4)C3=O)cc2)cc1. The molecule has 0 spiro atoms. The van der Waals surface area contributed by atoms with E-state index in [0.717, 1.165) is 17.7 Å². The molecule has 0 bridgehead atoms. The van der Waals surface area contributed by atoms with Crippen LogP contribution in [0.2, 0.25) is 0 Å². The molecule has 3 aromatic rings. The zero-order valence-corrected chi connectivity index (χ0v) is 19.4. The highest BCUT2D eigenvalue weighted by Crippen LogP contribution is 2.23. The fraction of sp³-hybridized carbons (Fsp3) is 0.214. The van der Waals surface area contributed by atoms with Crippen LogP contribution in [-0.4, -0.2) is 25.0 Å². The summed E-state index contributed by atoms with van der Waals surface area (Å²) < 4.78 is 11.5. The molecule has 1 aliphatic heterocycles. The fourth-order valence-electron chi connectivity index (χ4n) is 3.59. The van der Waals surface area contributed by atoms with Crippen molar-refractivity contribution in [1.29, 1.82) is 0 Å². The molecule has 1 N–H and O–H groups in total. The van der Waals surface area contributed by atoms with Gasteiger partial charge in [-0.2, -0.15) is 0 Å². The van der Waals surface area contributed by atoms with Crippen LogP contribution in [0.1, 0.15) is 37.3 Å². The number of amides is 2. The molecule has 1 atom stereocenters. The molecule has 0 aromatic heterocycles. The highest BCUT2D eigenvalue weighted by molar-refractivity contribution is 6.31. The topological polar surface area (TPSA) is 67.9 Å². The van der Waals surface area contributed by atoms with Crippen molar-refractivity contribution < 1.29 is 19.1 Å². The van der Waals surface area contributed by atoms with Crippen LogP contribution in [0.25, 0.3) is 6.08 Å². The van der Waals surface area contributed by atoms with Gasteiger partial charge in [0, 0.05) is 0 Å². The van der Waals surface area contributed by atoms with E-state index in [-0.39, 0.29) is 11.5 Å². The fourth-order valence-corrected chi connectivity index (χ4v) is 3.59. The van der Waals surface area contributed by atoms with E-state index in [1.807, 2.05) is 42.5 Å². The predicted octanol–water partition coefficient (Wildman–Crippen LogP) is 5.12. The summed E-state index contributed by atoms with van der Waals surface area (Å²) in [7, 11) is 0. The second-order valence-corrected chi connectivity index (χ2v) is 8.12. The number of nitrogens with one attached hydrogen (secondary N) is 1. The van der Waals surface area contributed by atoms with E-state index < -0.39 is 5.91 Å². The Kier molecular flexibility index (Phi) is 7.28. The monoisotopic (exact) mass is 456 g/mol. The Morgan fingerprint density at radius 1 is 0.853 bits per heavy atom. The molecule has 4 rings (SSSR count). The maximum absolute atomic E-state index is 12.7. The molecule has 174 valence electrons. The molecule has 0 radical (unpaired) electrons. The molecule has 0 aliphatic carbocycles. The average molecular weight is 457 g/mol. The summed E-state index contributed by atoms with van der Waals surface area (Å²) in [6, 6.07) is 24.4. The highest BCUT2D eigenvalue weighted by atomic mass is 16.5. The van der Waals surface area contributed by atoms with E-state index in [4.69, 9.17) is 9.47 Å². The smallest absolute Gasteiger partial charge is 0.282 e. The van der Waals surface area contributed by atoms with Gasteiger partial charge in [0.15, 0.2) is 0 Å². The summed E-state index contributed by atoms with van der Waals surface area (Å²) in [4.78, 5) is 25.0. The van der Waals surface area contributed by atoms with Crippen molar-refractivity contribution in [3.8, 4) is 11.5 Å². The van der Waals surface area contributed by atoms with Gasteiger partial charge in [-0.15, -0.1) is 0 Å². The maximum atomic E-state index is 12.7. The van der Waals surface area contributed by atoms with Crippen molar-refractivity contribution in [2.75, 3.05) is 18.2 Å². The zero-order valence-electron chi connectivity index (χ0n) is 19.4. The lowest BCUT2D eigenvalue weighted by Crippen LogP contribution is -2.35. The van der Waals surface area contributed by atoms with Crippen LogP contribution in [0.3, 0.4) is 0 Å². The number of para-hydroxylation sites is 1. The Balaban J connectivity index is 1.29. The van der Waals surface area contributed by atoms with Gasteiger partial charge < -0.3 is 9.47 Å². The summed E-state index contributed by atoms with van der Waals surface area (Å²) in [6.45, 7) is 5.23. The predicted molar refractivity (Wildman–Crippen MR) is 133 cm³/mol. The van der Waals surface area contributed by atoms with E-state index in [2.05, 4.69) is 31.4 Å². The van der Waals surface area contributed by atoms with Crippen molar-refractivity contribution >= 4 is 23.6 Å². The average Bonchev–Trinajstić information content (AvgIpc) is 3.16. The van der Waals surface area contributed by atoms with Crippen LogP contribution in [0.4, 0.5) is 5.69 Å². The molecule has 1 unspecified atom stereocenters. The van der Waals surface area contributed by atoms with Crippen LogP contribution in [-0.2, 0) is 9.59 Å². The molecular formula is C28H28N2O4. The van der Waals surface area contributed by atoms with Gasteiger partial charge in [0.25, 0.3) is 11.8 Å². The molecule has 1 aliphatic rings. The van der Waals surface area contributed by atoms with Gasteiger partial charge in [-0.25, -0.2) is 5.01 Å². The minimum absolute atomic E-state index is 0.0882. The lowest BCUT2D eigenvalue weighted by molar-refractivity contribution is -0.117. The minimum atomic E-state index is -0.427. The quantitative estimate of drug-likeness (QED) is 0.276. The molecule has 3 aromatic carbocycles. The molecule has 0 saturated carbocycles. The number of benzene rings is 3. The number of carbonyl (C=O) groups excluding carboxylic acids is 2. The summed E-state index contributed by atoms with van der Waals surface area (Å²) in [5.41, 5.74) is 5.35. The Hall–Kier alpha value is -4.06. The van der Waals surface area contributed by atoms with E-state index in [9.17, 15) is 9.59 Å². The van der Waals surface area contributed by atoms with Gasteiger partial charge in [-0.3, -0.25) is 15.0 Å². The minimum Gasteiger partial charge on any atom is -0.490 e. The summed E-state index contributed by atoms with van der Waals surface area (Å²) in [6.07, 6.45) is 2.69. The first-order chi connectivity index (χ1) is 16.5. The number of ether oxygens (including phenoxy) is 2. The van der Waals surface area contributed by atoms with Crippen molar-refractivity contribution in [1.82, 2.24) is 5.43 Å². The number of rotatable bonds is 9. The molecular weight excluding hydrogens is 428 g/mol. The summed E-state index contributed by atoms with van der Waals surface area (Å²) >= 11 is 0. The first kappa shape index (κ1) is 23.1. The summed E-state index contributed by atoms with van der Waals surface area (Å²) in [5.74, 6) is 1.24. The Labute approximate surface area is 199 Å². The molecule has 2 amide bonds. The molecule has 1 heterocycles. The van der Waals surface area contributed by atoms with Gasteiger partial charge in [-0.1, -0.05) is 56.3 Å². The van der Waals surface area contributed by atoms with E-state index >= 15 is 0 Å². The van der Waals surface area contributed by atoms with Crippen LogP contribution in [0, 0.1) is 0 Å². The van der Waals surface area contributed by atoms with Crippen molar-refractivity contribution in [3.05, 3.63) is 95.6 Å². The summed E-state index contributed by atoms with van der Waals surface area (Å²) in [5, 5.41) is 1.25. The zero-order chi connectivity index (χ0) is 23.9. The first-order valence-electron chi connectivity index (χ1n) is 11.4. The molecule has 6 heteroatoms. The van der Waals surface area contributed by atoms with Crippen LogP contribution in [0.5, 0.6) is 11.5 Å². The largest absolute Gasteiger partial charge is 0.490 e.